The summed E-state index contributed by atoms with van der Waals surface area (Å²) < 4.78 is 1.29. The summed E-state index contributed by atoms with van der Waals surface area (Å²) in [4.78, 5) is 27.5. The molecule has 0 spiro atoms. The van der Waals surface area contributed by atoms with Crippen molar-refractivity contribution in [2.45, 2.75) is 13.2 Å². The minimum atomic E-state index is -0.562. The van der Waals surface area contributed by atoms with Crippen molar-refractivity contribution in [3.8, 4) is 0 Å². The lowest BCUT2D eigenvalue weighted by Gasteiger charge is -2.02. The summed E-state index contributed by atoms with van der Waals surface area (Å²) in [6.07, 6.45) is 2.35. The van der Waals surface area contributed by atoms with E-state index in [4.69, 9.17) is 5.11 Å². The highest BCUT2D eigenvalue weighted by molar-refractivity contribution is 5.21. The summed E-state index contributed by atoms with van der Waals surface area (Å²) in [5.41, 5.74) is -0.172. The molecule has 0 aliphatic carbocycles. The lowest BCUT2D eigenvalue weighted by molar-refractivity contribution is -0.385. The Bertz CT molecular complexity index is 632. The number of nitrogens with one attached hydrogen (secondary N) is 1. The van der Waals surface area contributed by atoms with Gasteiger partial charge in [0.1, 0.15) is 24.8 Å². The smallest absolute Gasteiger partial charge is 0.307 e. The number of aromatic amines is 1. The number of H-pyrrole nitrogens is 1. The van der Waals surface area contributed by atoms with Gasteiger partial charge in [-0.1, -0.05) is 0 Å². The number of nitrogens with zero attached hydrogens (tertiary/aromatic N) is 4. The fourth-order valence-electron chi connectivity index (χ4n) is 1.42. The second-order valence-electron chi connectivity index (χ2n) is 3.49. The predicted octanol–water partition coefficient (Wildman–Crippen LogP) is -0.585. The minimum absolute atomic E-state index is 0.116. The molecule has 2 aromatic rings. The molecule has 0 unspecified atom stereocenters. The number of nitro groups is 1. The van der Waals surface area contributed by atoms with Gasteiger partial charge in [0.15, 0.2) is 0 Å². The fourth-order valence-corrected chi connectivity index (χ4v) is 1.42. The molecule has 0 amide bonds. The number of rotatable bonds is 4. The molecule has 2 rings (SSSR count). The number of aliphatic hydroxyl groups excluding tert-OH is 1. The van der Waals surface area contributed by atoms with Gasteiger partial charge in [0.25, 0.3) is 5.56 Å². The third-order valence-corrected chi connectivity index (χ3v) is 2.15. The molecule has 0 aliphatic rings. The molecule has 0 atom stereocenters. The Morgan fingerprint density at radius 3 is 2.94 bits per heavy atom. The Morgan fingerprint density at radius 1 is 1.56 bits per heavy atom. The maximum atomic E-state index is 11.2. The van der Waals surface area contributed by atoms with E-state index in [1.807, 2.05) is 0 Å². The van der Waals surface area contributed by atoms with Crippen molar-refractivity contribution in [3.63, 3.8) is 0 Å². The molecule has 0 saturated heterocycles. The Kier molecular flexibility index (Phi) is 3.15. The van der Waals surface area contributed by atoms with Gasteiger partial charge in [-0.3, -0.25) is 19.6 Å². The van der Waals surface area contributed by atoms with Crippen LogP contribution in [0.15, 0.2) is 23.3 Å². The van der Waals surface area contributed by atoms with Crippen LogP contribution >= 0.6 is 0 Å². The Morgan fingerprint density at radius 2 is 2.33 bits per heavy atom. The van der Waals surface area contributed by atoms with Crippen molar-refractivity contribution in [2.75, 3.05) is 0 Å². The largest absolute Gasteiger partial charge is 0.388 e. The van der Waals surface area contributed by atoms with Crippen LogP contribution in [0.4, 0.5) is 5.69 Å². The number of hydrogen-bond acceptors (Lipinski definition) is 6. The zero-order chi connectivity index (χ0) is 13.1. The van der Waals surface area contributed by atoms with E-state index in [0.29, 0.717) is 5.69 Å². The maximum absolute atomic E-state index is 11.2. The molecule has 2 N–H and O–H groups in total. The van der Waals surface area contributed by atoms with Crippen LogP contribution in [0.3, 0.4) is 0 Å². The molecule has 9 heteroatoms. The van der Waals surface area contributed by atoms with Crippen molar-refractivity contribution < 1.29 is 10.0 Å². The van der Waals surface area contributed by atoms with Crippen LogP contribution in [0.25, 0.3) is 0 Å². The highest BCUT2D eigenvalue weighted by atomic mass is 16.6. The molecule has 0 bridgehead atoms. The first-order valence-corrected chi connectivity index (χ1v) is 4.95. The average Bonchev–Trinajstić information content (AvgIpc) is 2.76. The molecule has 0 fully saturated rings. The van der Waals surface area contributed by atoms with Crippen LogP contribution in [-0.2, 0) is 13.2 Å². The number of aliphatic hydroxyl groups is 1. The molecule has 0 aliphatic heterocycles. The van der Waals surface area contributed by atoms with Crippen molar-refractivity contribution in [2.24, 2.45) is 0 Å². The zero-order valence-corrected chi connectivity index (χ0v) is 9.11. The van der Waals surface area contributed by atoms with Gasteiger partial charge >= 0.3 is 5.69 Å². The molecule has 0 aromatic carbocycles. The summed E-state index contributed by atoms with van der Waals surface area (Å²) in [5.74, 6) is 0.138. The first-order chi connectivity index (χ1) is 8.58. The molecule has 0 saturated carbocycles. The zero-order valence-electron chi connectivity index (χ0n) is 9.11. The van der Waals surface area contributed by atoms with Crippen molar-refractivity contribution >= 4 is 5.69 Å². The highest BCUT2D eigenvalue weighted by Gasteiger charge is 2.09. The van der Waals surface area contributed by atoms with Crippen LogP contribution in [-0.4, -0.2) is 29.8 Å². The number of hydrogen-bond donors (Lipinski definition) is 2. The quantitative estimate of drug-likeness (QED) is 0.552. The SMILES string of the molecule is O=c1cc(Cn2cc([N+](=O)[O-])cn2)nc(CO)[nH]1. The average molecular weight is 251 g/mol. The second-order valence-corrected chi connectivity index (χ2v) is 3.49. The monoisotopic (exact) mass is 251 g/mol. The van der Waals surface area contributed by atoms with Crippen molar-refractivity contribution in [1.82, 2.24) is 19.7 Å². The van der Waals surface area contributed by atoms with Crippen molar-refractivity contribution in [1.29, 1.82) is 0 Å². The van der Waals surface area contributed by atoms with Gasteiger partial charge in [0.2, 0.25) is 0 Å². The van der Waals surface area contributed by atoms with E-state index in [9.17, 15) is 14.9 Å². The molecule has 0 radical (unpaired) electrons. The minimum Gasteiger partial charge on any atom is -0.388 e. The molecule has 9 nitrogen and oxygen atoms in total. The first kappa shape index (κ1) is 11.9. The third-order valence-electron chi connectivity index (χ3n) is 2.15. The van der Waals surface area contributed by atoms with Crippen molar-refractivity contribution in [3.05, 3.63) is 50.4 Å². The van der Waals surface area contributed by atoms with Crippen LogP contribution < -0.4 is 5.56 Å². The second kappa shape index (κ2) is 4.75. The van der Waals surface area contributed by atoms with Gasteiger partial charge in [-0.15, -0.1) is 0 Å². The topological polar surface area (TPSA) is 127 Å². The van der Waals surface area contributed by atoms with Gasteiger partial charge < -0.3 is 10.1 Å². The Balaban J connectivity index is 2.25. The first-order valence-electron chi connectivity index (χ1n) is 4.95. The van der Waals surface area contributed by atoms with Gasteiger partial charge in [-0.05, 0) is 0 Å². The van der Waals surface area contributed by atoms with Gasteiger partial charge in [0.05, 0.1) is 17.2 Å². The molecular weight excluding hydrogens is 242 g/mol. The van der Waals surface area contributed by atoms with E-state index in [0.717, 1.165) is 6.20 Å². The van der Waals surface area contributed by atoms with Crippen LogP contribution in [0.1, 0.15) is 11.5 Å². The van der Waals surface area contributed by atoms with Crippen LogP contribution in [0, 0.1) is 10.1 Å². The van der Waals surface area contributed by atoms with Gasteiger partial charge in [0, 0.05) is 6.07 Å². The molecule has 18 heavy (non-hydrogen) atoms. The predicted molar refractivity (Wildman–Crippen MR) is 58.8 cm³/mol. The Labute approximate surface area is 99.9 Å². The summed E-state index contributed by atoms with van der Waals surface area (Å²) in [6, 6.07) is 1.24. The van der Waals surface area contributed by atoms with Gasteiger partial charge in [-0.25, -0.2) is 4.98 Å². The summed E-state index contributed by atoms with van der Waals surface area (Å²) in [6.45, 7) is -0.271. The van der Waals surface area contributed by atoms with E-state index in [2.05, 4.69) is 15.1 Å². The normalized spacial score (nSPS) is 10.5. The lowest BCUT2D eigenvalue weighted by atomic mass is 10.4. The lowest BCUT2D eigenvalue weighted by Crippen LogP contribution is -2.14. The standard InChI is InChI=1S/C9H9N5O4/c15-5-8-11-6(1-9(16)12-8)3-13-4-7(2-10-13)14(17)18/h1-2,4,15H,3,5H2,(H,11,12,16). The van der Waals surface area contributed by atoms with Crippen LogP contribution in [0.2, 0.25) is 0 Å². The number of aromatic nitrogens is 4. The summed E-state index contributed by atoms with van der Waals surface area (Å²) in [7, 11) is 0. The van der Waals surface area contributed by atoms with E-state index in [-0.39, 0.29) is 24.7 Å². The molecular formula is C9H9N5O4. The molecule has 2 heterocycles. The molecule has 2 aromatic heterocycles. The maximum Gasteiger partial charge on any atom is 0.307 e. The van der Waals surface area contributed by atoms with Crippen LogP contribution in [0.5, 0.6) is 0 Å². The van der Waals surface area contributed by atoms with E-state index >= 15 is 0 Å². The summed E-state index contributed by atoms with van der Waals surface area (Å²) in [5, 5.41) is 23.1. The molecule has 94 valence electrons. The van der Waals surface area contributed by atoms with Gasteiger partial charge in [-0.2, -0.15) is 5.10 Å². The van der Waals surface area contributed by atoms with E-state index in [1.165, 1.54) is 16.9 Å². The highest BCUT2D eigenvalue weighted by Crippen LogP contribution is 2.08. The Hall–Kier alpha value is -2.55. The fraction of sp³-hybridized carbons (Fsp3) is 0.222. The third kappa shape index (κ3) is 2.58. The van der Waals surface area contributed by atoms with E-state index in [1.54, 1.807) is 0 Å². The van der Waals surface area contributed by atoms with E-state index < -0.39 is 10.5 Å². The summed E-state index contributed by atoms with van der Waals surface area (Å²) >= 11 is 0.